The first kappa shape index (κ1) is 12.7. The van der Waals surface area contributed by atoms with Crippen LogP contribution in [0, 0.1) is 6.92 Å². The number of rotatable bonds is 3. The normalized spacial score (nSPS) is 11.4. The molecule has 0 aliphatic carbocycles. The maximum absolute atomic E-state index is 5.28. The highest BCUT2D eigenvalue weighted by molar-refractivity contribution is 5.48. The molecule has 0 bridgehead atoms. The SMILES string of the molecule is CCNc1nc(C(C)(C)C)nc(OC)c1C. The largest absolute Gasteiger partial charge is 0.481 e. The molecule has 0 atom stereocenters. The Morgan fingerprint density at radius 3 is 2.31 bits per heavy atom. The van der Waals surface area contributed by atoms with Gasteiger partial charge in [0.05, 0.1) is 12.7 Å². The summed E-state index contributed by atoms with van der Waals surface area (Å²) in [6, 6.07) is 0. The van der Waals surface area contributed by atoms with E-state index in [1.165, 1.54) is 0 Å². The van der Waals surface area contributed by atoms with Crippen LogP contribution in [0.5, 0.6) is 5.88 Å². The van der Waals surface area contributed by atoms with Crippen LogP contribution in [0.2, 0.25) is 0 Å². The van der Waals surface area contributed by atoms with Gasteiger partial charge in [0, 0.05) is 12.0 Å². The highest BCUT2D eigenvalue weighted by Gasteiger charge is 2.21. The molecule has 0 aliphatic heterocycles. The second-order valence-corrected chi connectivity index (χ2v) is 4.81. The van der Waals surface area contributed by atoms with E-state index in [1.807, 2.05) is 13.8 Å². The van der Waals surface area contributed by atoms with Crippen molar-refractivity contribution in [3.63, 3.8) is 0 Å². The summed E-state index contributed by atoms with van der Waals surface area (Å²) in [6.45, 7) is 11.1. The number of nitrogens with zero attached hydrogens (tertiary/aromatic N) is 2. The molecule has 4 heteroatoms. The summed E-state index contributed by atoms with van der Waals surface area (Å²) in [5, 5.41) is 3.23. The van der Waals surface area contributed by atoms with E-state index in [0.717, 1.165) is 23.8 Å². The topological polar surface area (TPSA) is 47.0 Å². The van der Waals surface area contributed by atoms with Crippen LogP contribution in [-0.4, -0.2) is 23.6 Å². The van der Waals surface area contributed by atoms with E-state index in [0.29, 0.717) is 5.88 Å². The predicted molar refractivity (Wildman–Crippen MR) is 66.2 cm³/mol. The first-order valence-corrected chi connectivity index (χ1v) is 5.57. The molecule has 16 heavy (non-hydrogen) atoms. The van der Waals surface area contributed by atoms with Gasteiger partial charge in [0.2, 0.25) is 5.88 Å². The van der Waals surface area contributed by atoms with Crippen LogP contribution in [-0.2, 0) is 5.41 Å². The Hall–Kier alpha value is -1.32. The van der Waals surface area contributed by atoms with Gasteiger partial charge in [0.1, 0.15) is 11.6 Å². The van der Waals surface area contributed by atoms with Crippen LogP contribution in [0.4, 0.5) is 5.82 Å². The van der Waals surface area contributed by atoms with E-state index in [-0.39, 0.29) is 5.41 Å². The summed E-state index contributed by atoms with van der Waals surface area (Å²) >= 11 is 0. The summed E-state index contributed by atoms with van der Waals surface area (Å²) in [5.41, 5.74) is 0.878. The first-order valence-electron chi connectivity index (χ1n) is 5.57. The minimum Gasteiger partial charge on any atom is -0.481 e. The highest BCUT2D eigenvalue weighted by Crippen LogP contribution is 2.27. The molecule has 1 aromatic rings. The zero-order valence-electron chi connectivity index (χ0n) is 11.0. The third-order valence-corrected chi connectivity index (χ3v) is 2.31. The van der Waals surface area contributed by atoms with Crippen molar-refractivity contribution in [2.24, 2.45) is 0 Å². The van der Waals surface area contributed by atoms with E-state index in [4.69, 9.17) is 4.74 Å². The second kappa shape index (κ2) is 4.68. The average molecular weight is 223 g/mol. The Kier molecular flexibility index (Phi) is 3.73. The molecule has 4 nitrogen and oxygen atoms in total. The van der Waals surface area contributed by atoms with Crippen molar-refractivity contribution >= 4 is 5.82 Å². The summed E-state index contributed by atoms with van der Waals surface area (Å²) in [5.74, 6) is 2.31. The minimum atomic E-state index is -0.0782. The van der Waals surface area contributed by atoms with Crippen molar-refractivity contribution in [3.05, 3.63) is 11.4 Å². The molecule has 0 radical (unpaired) electrons. The lowest BCUT2D eigenvalue weighted by Crippen LogP contribution is -2.18. The van der Waals surface area contributed by atoms with Gasteiger partial charge in [0.15, 0.2) is 0 Å². The Balaban J connectivity index is 3.28. The van der Waals surface area contributed by atoms with Gasteiger partial charge >= 0.3 is 0 Å². The highest BCUT2D eigenvalue weighted by atomic mass is 16.5. The lowest BCUT2D eigenvalue weighted by molar-refractivity contribution is 0.386. The quantitative estimate of drug-likeness (QED) is 0.855. The molecule has 0 aromatic carbocycles. The van der Waals surface area contributed by atoms with Crippen LogP contribution in [0.1, 0.15) is 39.1 Å². The van der Waals surface area contributed by atoms with Crippen LogP contribution in [0.3, 0.4) is 0 Å². The van der Waals surface area contributed by atoms with E-state index >= 15 is 0 Å². The lowest BCUT2D eigenvalue weighted by atomic mass is 9.95. The molecule has 0 spiro atoms. The van der Waals surface area contributed by atoms with E-state index in [1.54, 1.807) is 7.11 Å². The van der Waals surface area contributed by atoms with Gasteiger partial charge in [0.25, 0.3) is 0 Å². The molecule has 0 fully saturated rings. The van der Waals surface area contributed by atoms with Crippen molar-refractivity contribution in [1.82, 2.24) is 9.97 Å². The van der Waals surface area contributed by atoms with Crippen molar-refractivity contribution in [3.8, 4) is 5.88 Å². The fraction of sp³-hybridized carbons (Fsp3) is 0.667. The van der Waals surface area contributed by atoms with Crippen molar-refractivity contribution in [1.29, 1.82) is 0 Å². The summed E-state index contributed by atoms with van der Waals surface area (Å²) in [4.78, 5) is 8.97. The Labute approximate surface area is 97.5 Å². The molecular weight excluding hydrogens is 202 g/mol. The van der Waals surface area contributed by atoms with Crippen LogP contribution in [0.25, 0.3) is 0 Å². The Morgan fingerprint density at radius 2 is 1.88 bits per heavy atom. The van der Waals surface area contributed by atoms with Crippen molar-refractivity contribution in [2.75, 3.05) is 19.0 Å². The number of methoxy groups -OCH3 is 1. The van der Waals surface area contributed by atoms with Crippen LogP contribution < -0.4 is 10.1 Å². The first-order chi connectivity index (χ1) is 7.40. The molecule has 1 N–H and O–H groups in total. The fourth-order valence-electron chi connectivity index (χ4n) is 1.37. The van der Waals surface area contributed by atoms with Crippen LogP contribution >= 0.6 is 0 Å². The molecule has 0 saturated carbocycles. The molecule has 1 aromatic heterocycles. The van der Waals surface area contributed by atoms with Crippen molar-refractivity contribution < 1.29 is 4.74 Å². The summed E-state index contributed by atoms with van der Waals surface area (Å²) in [7, 11) is 1.64. The van der Waals surface area contributed by atoms with Gasteiger partial charge < -0.3 is 10.1 Å². The molecular formula is C12H21N3O. The van der Waals surface area contributed by atoms with Gasteiger partial charge in [-0.1, -0.05) is 20.8 Å². The number of hydrogen-bond acceptors (Lipinski definition) is 4. The smallest absolute Gasteiger partial charge is 0.221 e. The number of ether oxygens (including phenoxy) is 1. The lowest BCUT2D eigenvalue weighted by Gasteiger charge is -2.20. The van der Waals surface area contributed by atoms with Gasteiger partial charge in [-0.3, -0.25) is 0 Å². The van der Waals surface area contributed by atoms with Crippen molar-refractivity contribution in [2.45, 2.75) is 40.0 Å². The Morgan fingerprint density at radius 1 is 1.25 bits per heavy atom. The van der Waals surface area contributed by atoms with Gasteiger partial charge in [-0.25, -0.2) is 4.98 Å². The zero-order valence-corrected chi connectivity index (χ0v) is 11.0. The number of hydrogen-bond donors (Lipinski definition) is 1. The Bertz CT molecular complexity index is 369. The summed E-state index contributed by atoms with van der Waals surface area (Å²) < 4.78 is 5.28. The molecule has 90 valence electrons. The average Bonchev–Trinajstić information content (AvgIpc) is 2.19. The third-order valence-electron chi connectivity index (χ3n) is 2.31. The zero-order chi connectivity index (χ0) is 12.3. The fourth-order valence-corrected chi connectivity index (χ4v) is 1.37. The van der Waals surface area contributed by atoms with E-state index < -0.39 is 0 Å². The van der Waals surface area contributed by atoms with Gasteiger partial charge in [-0.05, 0) is 13.8 Å². The van der Waals surface area contributed by atoms with Gasteiger partial charge in [-0.2, -0.15) is 4.98 Å². The predicted octanol–water partition coefficient (Wildman–Crippen LogP) is 2.52. The molecule has 0 aliphatic rings. The molecule has 0 amide bonds. The maximum Gasteiger partial charge on any atom is 0.221 e. The monoisotopic (exact) mass is 223 g/mol. The van der Waals surface area contributed by atoms with Gasteiger partial charge in [-0.15, -0.1) is 0 Å². The number of anilines is 1. The standard InChI is InChI=1S/C12H21N3O/c1-7-13-9-8(2)10(16-6)15-11(14-9)12(3,4)5/h7H2,1-6H3,(H,13,14,15). The summed E-state index contributed by atoms with van der Waals surface area (Å²) in [6.07, 6.45) is 0. The third kappa shape index (κ3) is 2.62. The second-order valence-electron chi connectivity index (χ2n) is 4.81. The van der Waals surface area contributed by atoms with Crippen LogP contribution in [0.15, 0.2) is 0 Å². The number of nitrogens with one attached hydrogen (secondary N) is 1. The van der Waals surface area contributed by atoms with E-state index in [2.05, 4.69) is 36.1 Å². The maximum atomic E-state index is 5.28. The molecule has 0 saturated heterocycles. The number of aromatic nitrogens is 2. The molecule has 0 unspecified atom stereocenters. The minimum absolute atomic E-state index is 0.0782. The molecule has 1 rings (SSSR count). The molecule has 1 heterocycles. The van der Waals surface area contributed by atoms with E-state index in [9.17, 15) is 0 Å².